The van der Waals surface area contributed by atoms with E-state index in [4.69, 9.17) is 4.52 Å². The molecule has 4 rings (SSSR count). The van der Waals surface area contributed by atoms with Crippen LogP contribution in [-0.2, 0) is 0 Å². The fourth-order valence-corrected chi connectivity index (χ4v) is 2.67. The van der Waals surface area contributed by atoms with E-state index in [9.17, 15) is 0 Å². The lowest BCUT2D eigenvalue weighted by Gasteiger charge is -2.02. The van der Waals surface area contributed by atoms with Crippen LogP contribution < -0.4 is 5.32 Å². The van der Waals surface area contributed by atoms with Crippen molar-refractivity contribution in [3.63, 3.8) is 0 Å². The monoisotopic (exact) mass is 302 g/mol. The smallest absolute Gasteiger partial charge is 0.244 e. The van der Waals surface area contributed by atoms with Crippen LogP contribution in [0.5, 0.6) is 0 Å². The summed E-state index contributed by atoms with van der Waals surface area (Å²) in [7, 11) is 0. The summed E-state index contributed by atoms with van der Waals surface area (Å²) in [5, 5.41) is 9.62. The van der Waals surface area contributed by atoms with Crippen molar-refractivity contribution in [3.05, 3.63) is 42.4 Å². The molecule has 0 spiro atoms. The number of fused-ring (bicyclic) bond motifs is 1. The molecule has 108 valence electrons. The molecule has 0 amide bonds. The van der Waals surface area contributed by atoms with Gasteiger partial charge >= 0.3 is 0 Å². The van der Waals surface area contributed by atoms with Gasteiger partial charge in [-0.15, -0.1) is 12.4 Å². The van der Waals surface area contributed by atoms with Gasteiger partial charge in [0.25, 0.3) is 0 Å². The van der Waals surface area contributed by atoms with Crippen molar-refractivity contribution in [1.29, 1.82) is 0 Å². The third kappa shape index (κ3) is 2.50. The number of halogens is 1. The third-order valence-corrected chi connectivity index (χ3v) is 3.69. The van der Waals surface area contributed by atoms with Crippen LogP contribution in [-0.4, -0.2) is 21.7 Å². The zero-order valence-corrected chi connectivity index (χ0v) is 12.1. The highest BCUT2D eigenvalue weighted by molar-refractivity contribution is 5.92. The van der Waals surface area contributed by atoms with E-state index in [2.05, 4.69) is 26.5 Å². The van der Waals surface area contributed by atoms with Crippen LogP contribution in [0.15, 0.2) is 41.1 Å². The Morgan fingerprint density at radius 2 is 2.10 bits per heavy atom. The van der Waals surface area contributed by atoms with E-state index in [0.717, 1.165) is 35.9 Å². The molecular formula is C15H15ClN4O. The van der Waals surface area contributed by atoms with Gasteiger partial charge in [-0.1, -0.05) is 29.4 Å². The van der Waals surface area contributed by atoms with Gasteiger partial charge in [0.05, 0.1) is 6.04 Å². The van der Waals surface area contributed by atoms with Gasteiger partial charge in [0.1, 0.15) is 5.69 Å². The lowest BCUT2D eigenvalue weighted by atomic mass is 10.1. The zero-order valence-electron chi connectivity index (χ0n) is 11.3. The van der Waals surface area contributed by atoms with E-state index in [1.165, 1.54) is 0 Å². The Balaban J connectivity index is 0.00000132. The average molecular weight is 303 g/mol. The second-order valence-corrected chi connectivity index (χ2v) is 4.99. The summed E-state index contributed by atoms with van der Waals surface area (Å²) in [6.07, 6.45) is 3.97. The molecule has 0 unspecified atom stereocenters. The van der Waals surface area contributed by atoms with Crippen LogP contribution in [0, 0.1) is 0 Å². The molecule has 21 heavy (non-hydrogen) atoms. The van der Waals surface area contributed by atoms with E-state index in [0.29, 0.717) is 11.7 Å². The molecule has 2 aromatic heterocycles. The summed E-state index contributed by atoms with van der Waals surface area (Å²) in [5.41, 5.74) is 0.774. The minimum absolute atomic E-state index is 0. The lowest BCUT2D eigenvalue weighted by molar-refractivity contribution is 0.345. The number of pyridine rings is 1. The fraction of sp³-hybridized carbons (Fsp3) is 0.267. The fourth-order valence-electron chi connectivity index (χ4n) is 2.67. The Morgan fingerprint density at radius 3 is 2.95 bits per heavy atom. The van der Waals surface area contributed by atoms with Crippen molar-refractivity contribution in [3.8, 4) is 11.5 Å². The van der Waals surface area contributed by atoms with Crippen molar-refractivity contribution < 1.29 is 4.52 Å². The Morgan fingerprint density at radius 1 is 1.19 bits per heavy atom. The largest absolute Gasteiger partial charge is 0.337 e. The Bertz CT molecular complexity index is 747. The first-order valence-corrected chi connectivity index (χ1v) is 6.83. The first kappa shape index (κ1) is 14.0. The number of nitrogens with zero attached hydrogens (tertiary/aromatic N) is 3. The molecule has 1 aliphatic heterocycles. The standard InChI is InChI=1S/C15H14N4O.ClH/c1-2-5-11-10(4-1)7-9-17-13(11)14-18-15(20-19-14)12-6-3-8-16-12;/h1-2,4-5,7,9,12,16H,3,6,8H2;1H/t12-;/m0./s1. The maximum absolute atomic E-state index is 5.39. The van der Waals surface area contributed by atoms with E-state index < -0.39 is 0 Å². The SMILES string of the molecule is Cl.c1ccc2c(-c3noc([C@@H]4CCCN4)n3)nccc2c1. The number of hydrogen-bond acceptors (Lipinski definition) is 5. The molecule has 0 saturated carbocycles. The maximum Gasteiger partial charge on any atom is 0.244 e. The molecule has 0 radical (unpaired) electrons. The van der Waals surface area contributed by atoms with Crippen LogP contribution in [0.4, 0.5) is 0 Å². The number of nitrogens with one attached hydrogen (secondary N) is 1. The summed E-state index contributed by atoms with van der Waals surface area (Å²) >= 11 is 0. The van der Waals surface area contributed by atoms with E-state index in [-0.39, 0.29) is 18.4 Å². The Kier molecular flexibility index (Phi) is 3.86. The first-order valence-electron chi connectivity index (χ1n) is 6.83. The summed E-state index contributed by atoms with van der Waals surface area (Å²) in [5.74, 6) is 1.22. The van der Waals surface area contributed by atoms with E-state index in [1.54, 1.807) is 6.20 Å². The van der Waals surface area contributed by atoms with E-state index >= 15 is 0 Å². The molecule has 1 saturated heterocycles. The van der Waals surface area contributed by atoms with Crippen molar-refractivity contribution in [2.24, 2.45) is 0 Å². The molecular weight excluding hydrogens is 288 g/mol. The molecule has 5 nitrogen and oxygen atoms in total. The van der Waals surface area contributed by atoms with Gasteiger partial charge in [-0.05, 0) is 30.8 Å². The van der Waals surface area contributed by atoms with Crippen LogP contribution in [0.3, 0.4) is 0 Å². The Hall–Kier alpha value is -1.98. The second kappa shape index (κ2) is 5.79. The summed E-state index contributed by atoms with van der Waals surface area (Å²) in [4.78, 5) is 8.92. The van der Waals surface area contributed by atoms with Crippen LogP contribution >= 0.6 is 12.4 Å². The minimum Gasteiger partial charge on any atom is -0.337 e. The molecule has 0 aliphatic carbocycles. The van der Waals surface area contributed by atoms with Crippen LogP contribution in [0.2, 0.25) is 0 Å². The quantitative estimate of drug-likeness (QED) is 0.788. The topological polar surface area (TPSA) is 63.8 Å². The minimum atomic E-state index is 0. The molecule has 6 heteroatoms. The van der Waals surface area contributed by atoms with Gasteiger partial charge in [-0.2, -0.15) is 4.98 Å². The van der Waals surface area contributed by atoms with Crippen LogP contribution in [0.25, 0.3) is 22.3 Å². The predicted octanol–water partition coefficient (Wildman–Crippen LogP) is 3.13. The highest BCUT2D eigenvalue weighted by Gasteiger charge is 2.23. The number of rotatable bonds is 2. The van der Waals surface area contributed by atoms with Crippen molar-refractivity contribution in [2.45, 2.75) is 18.9 Å². The number of benzene rings is 1. The third-order valence-electron chi connectivity index (χ3n) is 3.69. The number of aromatic nitrogens is 3. The lowest BCUT2D eigenvalue weighted by Crippen LogP contribution is -2.12. The maximum atomic E-state index is 5.39. The van der Waals surface area contributed by atoms with Crippen molar-refractivity contribution >= 4 is 23.2 Å². The van der Waals surface area contributed by atoms with E-state index in [1.807, 2.05) is 24.3 Å². The van der Waals surface area contributed by atoms with Gasteiger partial charge in [0.2, 0.25) is 11.7 Å². The molecule has 1 atom stereocenters. The van der Waals surface area contributed by atoms with Gasteiger partial charge < -0.3 is 9.84 Å². The van der Waals surface area contributed by atoms with Gasteiger partial charge in [0.15, 0.2) is 0 Å². The highest BCUT2D eigenvalue weighted by atomic mass is 35.5. The summed E-state index contributed by atoms with van der Waals surface area (Å²) < 4.78 is 5.39. The zero-order chi connectivity index (χ0) is 13.4. The summed E-state index contributed by atoms with van der Waals surface area (Å²) in [6.45, 7) is 1.01. The van der Waals surface area contributed by atoms with Crippen LogP contribution in [0.1, 0.15) is 24.8 Å². The average Bonchev–Trinajstić information content (AvgIpc) is 3.17. The normalized spacial score (nSPS) is 17.8. The van der Waals surface area contributed by atoms with Gasteiger partial charge in [-0.3, -0.25) is 4.98 Å². The molecule has 3 aromatic rings. The number of hydrogen-bond donors (Lipinski definition) is 1. The molecule has 0 bridgehead atoms. The molecule has 1 aromatic carbocycles. The predicted molar refractivity (Wildman–Crippen MR) is 82.3 cm³/mol. The van der Waals surface area contributed by atoms with Crippen molar-refractivity contribution in [2.75, 3.05) is 6.54 Å². The van der Waals surface area contributed by atoms with Crippen molar-refractivity contribution in [1.82, 2.24) is 20.4 Å². The molecule has 3 heterocycles. The molecule has 1 fully saturated rings. The summed E-state index contributed by atoms with van der Waals surface area (Å²) in [6, 6.07) is 10.3. The van der Waals surface area contributed by atoms with Gasteiger partial charge in [-0.25, -0.2) is 0 Å². The first-order chi connectivity index (χ1) is 9.92. The molecule has 1 N–H and O–H groups in total. The Labute approximate surface area is 128 Å². The highest BCUT2D eigenvalue weighted by Crippen LogP contribution is 2.27. The second-order valence-electron chi connectivity index (χ2n) is 4.99. The molecule has 1 aliphatic rings. The van der Waals surface area contributed by atoms with Gasteiger partial charge in [0, 0.05) is 11.6 Å².